The first-order chi connectivity index (χ1) is 7.94. The van der Waals surface area contributed by atoms with Gasteiger partial charge in [-0.05, 0) is 24.7 Å². The number of likely N-dealkylation sites (N-methyl/N-ethyl adjacent to an activating group) is 1. The molecule has 1 aliphatic carbocycles. The van der Waals surface area contributed by atoms with E-state index < -0.39 is 0 Å². The van der Waals surface area contributed by atoms with Crippen molar-refractivity contribution in [1.82, 2.24) is 9.80 Å². The SMILES string of the molecule is CN1CC(C)(C)CN(C2CC2)C(CCO)C1=O. The Kier molecular flexibility index (Phi) is 3.46. The second-order valence-corrected chi connectivity index (χ2v) is 6.29. The molecule has 2 fully saturated rings. The van der Waals surface area contributed by atoms with Gasteiger partial charge in [0.05, 0.1) is 6.04 Å². The summed E-state index contributed by atoms with van der Waals surface area (Å²) in [6.07, 6.45) is 2.97. The van der Waals surface area contributed by atoms with E-state index in [1.165, 1.54) is 12.8 Å². The van der Waals surface area contributed by atoms with E-state index in [-0.39, 0.29) is 24.0 Å². The van der Waals surface area contributed by atoms with Crippen molar-refractivity contribution in [3.63, 3.8) is 0 Å². The Morgan fingerprint density at radius 2 is 2.00 bits per heavy atom. The first-order valence-corrected chi connectivity index (χ1v) is 6.56. The van der Waals surface area contributed by atoms with Crippen LogP contribution in [0.1, 0.15) is 33.1 Å². The van der Waals surface area contributed by atoms with Gasteiger partial charge in [-0.25, -0.2) is 0 Å². The molecule has 4 nitrogen and oxygen atoms in total. The van der Waals surface area contributed by atoms with Crippen molar-refractivity contribution in [2.45, 2.75) is 45.2 Å². The molecule has 0 aromatic heterocycles. The Morgan fingerprint density at radius 1 is 1.35 bits per heavy atom. The van der Waals surface area contributed by atoms with Gasteiger partial charge in [0.15, 0.2) is 0 Å². The summed E-state index contributed by atoms with van der Waals surface area (Å²) in [7, 11) is 1.88. The Bertz CT molecular complexity index is 300. The summed E-state index contributed by atoms with van der Waals surface area (Å²) in [5, 5.41) is 9.17. The van der Waals surface area contributed by atoms with Crippen molar-refractivity contribution in [1.29, 1.82) is 0 Å². The maximum atomic E-state index is 12.3. The van der Waals surface area contributed by atoms with Gasteiger partial charge >= 0.3 is 0 Å². The normalized spacial score (nSPS) is 30.5. The molecule has 0 aromatic carbocycles. The van der Waals surface area contributed by atoms with Gasteiger partial charge in [-0.3, -0.25) is 9.69 Å². The summed E-state index contributed by atoms with van der Waals surface area (Å²) in [4.78, 5) is 16.5. The molecule has 2 aliphatic rings. The molecular weight excluding hydrogens is 216 g/mol. The van der Waals surface area contributed by atoms with Crippen LogP contribution in [0.2, 0.25) is 0 Å². The number of hydrogen-bond donors (Lipinski definition) is 1. The molecule has 4 heteroatoms. The molecule has 0 aromatic rings. The summed E-state index contributed by atoms with van der Waals surface area (Å²) in [6, 6.07) is 0.459. The highest BCUT2D eigenvalue weighted by molar-refractivity contribution is 5.82. The van der Waals surface area contributed by atoms with Crippen molar-refractivity contribution in [3.8, 4) is 0 Å². The van der Waals surface area contributed by atoms with Gasteiger partial charge in [-0.2, -0.15) is 0 Å². The summed E-state index contributed by atoms with van der Waals surface area (Å²) in [5.74, 6) is 0.177. The van der Waals surface area contributed by atoms with Gasteiger partial charge in [0, 0.05) is 32.8 Å². The quantitative estimate of drug-likeness (QED) is 0.790. The monoisotopic (exact) mass is 240 g/mol. The predicted molar refractivity (Wildman–Crippen MR) is 66.6 cm³/mol. The van der Waals surface area contributed by atoms with Crippen LogP contribution < -0.4 is 0 Å². The van der Waals surface area contributed by atoms with Crippen LogP contribution in [0.3, 0.4) is 0 Å². The molecule has 98 valence electrons. The molecule has 1 saturated carbocycles. The van der Waals surface area contributed by atoms with Crippen molar-refractivity contribution >= 4 is 5.91 Å². The third-order valence-electron chi connectivity index (χ3n) is 3.76. The standard InChI is InChI=1S/C13H24N2O2/c1-13(2)8-14(3)12(17)11(6-7-16)15(9-13)10-4-5-10/h10-11,16H,4-9H2,1-3H3. The summed E-state index contributed by atoms with van der Waals surface area (Å²) in [5.41, 5.74) is 0.136. The number of carbonyl (C=O) groups excluding carboxylic acids is 1. The van der Waals surface area contributed by atoms with Gasteiger partial charge in [0.1, 0.15) is 0 Å². The summed E-state index contributed by atoms with van der Waals surface area (Å²) < 4.78 is 0. The average molecular weight is 240 g/mol. The molecule has 1 heterocycles. The summed E-state index contributed by atoms with van der Waals surface area (Å²) in [6.45, 7) is 6.28. The molecule has 1 N–H and O–H groups in total. The fourth-order valence-electron chi connectivity index (χ4n) is 2.97. The van der Waals surface area contributed by atoms with E-state index in [1.54, 1.807) is 0 Å². The Morgan fingerprint density at radius 3 is 2.53 bits per heavy atom. The van der Waals surface area contributed by atoms with Crippen LogP contribution in [0.25, 0.3) is 0 Å². The largest absolute Gasteiger partial charge is 0.396 e. The Balaban J connectivity index is 2.21. The highest BCUT2D eigenvalue weighted by Gasteiger charge is 2.43. The van der Waals surface area contributed by atoms with Crippen LogP contribution in [-0.2, 0) is 4.79 Å². The van der Waals surface area contributed by atoms with Crippen molar-refractivity contribution in [2.24, 2.45) is 5.41 Å². The molecule has 0 bridgehead atoms. The molecule has 17 heavy (non-hydrogen) atoms. The lowest BCUT2D eigenvalue weighted by molar-refractivity contribution is -0.135. The minimum absolute atomic E-state index is 0.0912. The van der Waals surface area contributed by atoms with Gasteiger partial charge in [0.25, 0.3) is 0 Å². The van der Waals surface area contributed by atoms with Crippen LogP contribution in [-0.4, -0.2) is 59.6 Å². The number of hydrogen-bond acceptors (Lipinski definition) is 3. The zero-order valence-electron chi connectivity index (χ0n) is 11.1. The molecule has 2 rings (SSSR count). The predicted octanol–water partition coefficient (Wildman–Crippen LogP) is 0.700. The molecule has 1 atom stereocenters. The van der Waals surface area contributed by atoms with Crippen LogP contribution in [0, 0.1) is 5.41 Å². The van der Waals surface area contributed by atoms with E-state index in [2.05, 4.69) is 18.7 Å². The molecule has 1 amide bonds. The third kappa shape index (κ3) is 2.80. The Hall–Kier alpha value is -0.610. The number of nitrogens with zero attached hydrogens (tertiary/aromatic N) is 2. The zero-order valence-corrected chi connectivity index (χ0v) is 11.1. The second kappa shape index (κ2) is 4.58. The Labute approximate surface area is 104 Å². The molecular formula is C13H24N2O2. The number of amides is 1. The topological polar surface area (TPSA) is 43.8 Å². The maximum absolute atomic E-state index is 12.3. The van der Waals surface area contributed by atoms with E-state index in [9.17, 15) is 4.79 Å². The van der Waals surface area contributed by atoms with Crippen LogP contribution in [0.15, 0.2) is 0 Å². The van der Waals surface area contributed by atoms with Crippen molar-refractivity contribution in [2.75, 3.05) is 26.7 Å². The van der Waals surface area contributed by atoms with E-state index >= 15 is 0 Å². The van der Waals surface area contributed by atoms with E-state index in [4.69, 9.17) is 5.11 Å². The van der Waals surface area contributed by atoms with Gasteiger partial charge < -0.3 is 10.0 Å². The van der Waals surface area contributed by atoms with Gasteiger partial charge in [-0.15, -0.1) is 0 Å². The second-order valence-electron chi connectivity index (χ2n) is 6.29. The van der Waals surface area contributed by atoms with E-state index in [1.807, 2.05) is 11.9 Å². The van der Waals surface area contributed by atoms with Crippen molar-refractivity contribution < 1.29 is 9.90 Å². The molecule has 0 radical (unpaired) electrons. The fourth-order valence-corrected chi connectivity index (χ4v) is 2.97. The van der Waals surface area contributed by atoms with Crippen LogP contribution in [0.4, 0.5) is 0 Å². The van der Waals surface area contributed by atoms with Crippen LogP contribution >= 0.6 is 0 Å². The lowest BCUT2D eigenvalue weighted by Crippen LogP contribution is -2.46. The maximum Gasteiger partial charge on any atom is 0.239 e. The minimum atomic E-state index is -0.112. The summed E-state index contributed by atoms with van der Waals surface area (Å²) >= 11 is 0. The highest BCUT2D eigenvalue weighted by atomic mass is 16.3. The third-order valence-corrected chi connectivity index (χ3v) is 3.76. The smallest absolute Gasteiger partial charge is 0.239 e. The molecule has 1 aliphatic heterocycles. The van der Waals surface area contributed by atoms with Gasteiger partial charge in [-0.1, -0.05) is 13.8 Å². The van der Waals surface area contributed by atoms with Gasteiger partial charge in [0.2, 0.25) is 5.91 Å². The zero-order chi connectivity index (χ0) is 12.6. The van der Waals surface area contributed by atoms with E-state index in [0.29, 0.717) is 12.5 Å². The highest BCUT2D eigenvalue weighted by Crippen LogP contribution is 2.35. The van der Waals surface area contributed by atoms with Crippen molar-refractivity contribution in [3.05, 3.63) is 0 Å². The molecule has 1 unspecified atom stereocenters. The molecule has 0 spiro atoms. The first-order valence-electron chi connectivity index (χ1n) is 6.56. The first kappa shape index (κ1) is 12.8. The fraction of sp³-hybridized carbons (Fsp3) is 0.923. The lowest BCUT2D eigenvalue weighted by atomic mass is 9.92. The van der Waals surface area contributed by atoms with E-state index in [0.717, 1.165) is 13.1 Å². The lowest BCUT2D eigenvalue weighted by Gasteiger charge is -2.32. The molecule has 1 saturated heterocycles. The number of aliphatic hydroxyl groups is 1. The number of aliphatic hydroxyl groups excluding tert-OH is 1. The number of rotatable bonds is 3. The van der Waals surface area contributed by atoms with Crippen LogP contribution in [0.5, 0.6) is 0 Å². The average Bonchev–Trinajstić information content (AvgIpc) is 3.04. The number of carbonyl (C=O) groups is 1. The minimum Gasteiger partial charge on any atom is -0.396 e.